The van der Waals surface area contributed by atoms with Crippen LogP contribution >= 0.6 is 11.8 Å². The smallest absolute Gasteiger partial charge is 0.220 e. The van der Waals surface area contributed by atoms with Crippen molar-refractivity contribution >= 4 is 17.7 Å². The summed E-state index contributed by atoms with van der Waals surface area (Å²) in [5.74, 6) is 0.610. The number of benzene rings is 1. The first-order chi connectivity index (χ1) is 10.2. The minimum atomic E-state index is -0.629. The molecule has 116 valence electrons. The van der Waals surface area contributed by atoms with Crippen molar-refractivity contribution in [1.29, 1.82) is 0 Å². The van der Waals surface area contributed by atoms with Gasteiger partial charge in [0.05, 0.1) is 6.10 Å². The summed E-state index contributed by atoms with van der Waals surface area (Å²) in [6.45, 7) is 0.296. The zero-order valence-corrected chi connectivity index (χ0v) is 13.5. The first-order valence-corrected chi connectivity index (χ1v) is 9.00. The van der Waals surface area contributed by atoms with Crippen molar-refractivity contribution in [2.45, 2.75) is 49.5 Å². The highest BCUT2D eigenvalue weighted by molar-refractivity contribution is 7.98. The third kappa shape index (κ3) is 5.36. The Labute approximate surface area is 131 Å². The molecule has 0 saturated heterocycles. The first-order valence-electron chi connectivity index (χ1n) is 7.77. The number of carbonyl (C=O) groups excluding carboxylic acids is 1. The van der Waals surface area contributed by atoms with Gasteiger partial charge in [0.2, 0.25) is 5.91 Å². The minimum absolute atomic E-state index is 0.0710. The Kier molecular flexibility index (Phi) is 6.58. The summed E-state index contributed by atoms with van der Waals surface area (Å²) >= 11 is 1.68. The Morgan fingerprint density at radius 2 is 1.95 bits per heavy atom. The Balaban J connectivity index is 1.74. The maximum Gasteiger partial charge on any atom is 0.220 e. The zero-order chi connectivity index (χ0) is 15.1. The lowest BCUT2D eigenvalue weighted by molar-refractivity contribution is -0.122. The highest BCUT2D eigenvalue weighted by Gasteiger charge is 2.17. The van der Waals surface area contributed by atoms with Crippen LogP contribution in [0.3, 0.4) is 0 Å². The van der Waals surface area contributed by atoms with E-state index in [0.29, 0.717) is 18.9 Å². The van der Waals surface area contributed by atoms with E-state index in [4.69, 9.17) is 0 Å². The second-order valence-electron chi connectivity index (χ2n) is 5.80. The summed E-state index contributed by atoms with van der Waals surface area (Å²) in [5.41, 5.74) is 0.853. The van der Waals surface area contributed by atoms with Crippen molar-refractivity contribution in [3.63, 3.8) is 0 Å². The number of amides is 1. The van der Waals surface area contributed by atoms with E-state index in [1.807, 2.05) is 30.5 Å². The molecule has 3 nitrogen and oxygen atoms in total. The predicted octanol–water partition coefficient (Wildman–Crippen LogP) is 3.53. The van der Waals surface area contributed by atoms with Crippen LogP contribution in [-0.4, -0.2) is 23.8 Å². The minimum Gasteiger partial charge on any atom is -0.387 e. The second kappa shape index (κ2) is 8.44. The van der Waals surface area contributed by atoms with E-state index < -0.39 is 6.10 Å². The number of thioether (sulfide) groups is 1. The van der Waals surface area contributed by atoms with Crippen LogP contribution in [0, 0.1) is 5.92 Å². The van der Waals surface area contributed by atoms with Gasteiger partial charge in [-0.05, 0) is 42.7 Å². The molecule has 0 aliphatic heterocycles. The Morgan fingerprint density at radius 1 is 1.29 bits per heavy atom. The molecule has 1 atom stereocenters. The first kappa shape index (κ1) is 16.4. The average Bonchev–Trinajstić information content (AvgIpc) is 2.53. The van der Waals surface area contributed by atoms with E-state index in [0.717, 1.165) is 5.56 Å². The van der Waals surface area contributed by atoms with Gasteiger partial charge in [-0.15, -0.1) is 11.8 Å². The van der Waals surface area contributed by atoms with Gasteiger partial charge in [0, 0.05) is 17.9 Å². The molecule has 4 heteroatoms. The highest BCUT2D eigenvalue weighted by atomic mass is 32.2. The van der Waals surface area contributed by atoms with Crippen molar-refractivity contribution in [1.82, 2.24) is 5.32 Å². The quantitative estimate of drug-likeness (QED) is 0.791. The molecule has 2 rings (SSSR count). The third-order valence-corrected chi connectivity index (χ3v) is 4.94. The SMILES string of the molecule is CSc1ccc(C(O)CNC(=O)CC2CCCCC2)cc1. The molecular formula is C17H25NO2S. The van der Waals surface area contributed by atoms with Crippen LogP contribution in [0.5, 0.6) is 0 Å². The fraction of sp³-hybridized carbons (Fsp3) is 0.588. The van der Waals surface area contributed by atoms with Crippen molar-refractivity contribution < 1.29 is 9.90 Å². The van der Waals surface area contributed by atoms with Crippen LogP contribution in [-0.2, 0) is 4.79 Å². The fourth-order valence-corrected chi connectivity index (χ4v) is 3.29. The fourth-order valence-electron chi connectivity index (χ4n) is 2.88. The van der Waals surface area contributed by atoms with E-state index in [9.17, 15) is 9.90 Å². The van der Waals surface area contributed by atoms with Crippen molar-refractivity contribution in [3.8, 4) is 0 Å². The molecule has 0 spiro atoms. The van der Waals surface area contributed by atoms with Gasteiger partial charge in [0.25, 0.3) is 0 Å². The molecule has 0 bridgehead atoms. The monoisotopic (exact) mass is 307 g/mol. The van der Waals surface area contributed by atoms with Gasteiger partial charge in [-0.3, -0.25) is 4.79 Å². The number of hydrogen-bond donors (Lipinski definition) is 2. The lowest BCUT2D eigenvalue weighted by Gasteiger charge is -2.21. The second-order valence-corrected chi connectivity index (χ2v) is 6.68. The summed E-state index contributed by atoms with van der Waals surface area (Å²) in [6.07, 6.45) is 8.16. The van der Waals surface area contributed by atoms with E-state index in [2.05, 4.69) is 5.32 Å². The Hall–Kier alpha value is -1.00. The molecular weight excluding hydrogens is 282 g/mol. The zero-order valence-electron chi connectivity index (χ0n) is 12.7. The molecule has 21 heavy (non-hydrogen) atoms. The summed E-state index contributed by atoms with van der Waals surface area (Å²) < 4.78 is 0. The lowest BCUT2D eigenvalue weighted by atomic mass is 9.87. The molecule has 0 aromatic heterocycles. The molecule has 1 saturated carbocycles. The van der Waals surface area contributed by atoms with Crippen molar-refractivity contribution in [3.05, 3.63) is 29.8 Å². The van der Waals surface area contributed by atoms with Gasteiger partial charge in [0.15, 0.2) is 0 Å². The van der Waals surface area contributed by atoms with Crippen molar-refractivity contribution in [2.24, 2.45) is 5.92 Å². The standard InChI is InChI=1S/C17H25NO2S/c1-21-15-9-7-14(8-10-15)16(19)12-18-17(20)11-13-5-3-2-4-6-13/h7-10,13,16,19H,2-6,11-12H2,1H3,(H,18,20). The van der Waals surface area contributed by atoms with E-state index in [1.54, 1.807) is 11.8 Å². The predicted molar refractivity (Wildman–Crippen MR) is 87.4 cm³/mol. The molecule has 1 aromatic carbocycles. The van der Waals surface area contributed by atoms with Crippen LogP contribution in [0.2, 0.25) is 0 Å². The largest absolute Gasteiger partial charge is 0.387 e. The number of carbonyl (C=O) groups is 1. The summed E-state index contributed by atoms with van der Waals surface area (Å²) in [5, 5.41) is 13.0. The molecule has 2 N–H and O–H groups in total. The van der Waals surface area contributed by atoms with Gasteiger partial charge in [0.1, 0.15) is 0 Å². The Morgan fingerprint density at radius 3 is 2.57 bits per heavy atom. The number of rotatable bonds is 6. The molecule has 1 amide bonds. The number of aliphatic hydroxyl groups excluding tert-OH is 1. The maximum absolute atomic E-state index is 11.9. The van der Waals surface area contributed by atoms with Gasteiger partial charge < -0.3 is 10.4 Å². The summed E-state index contributed by atoms with van der Waals surface area (Å²) in [7, 11) is 0. The van der Waals surface area contributed by atoms with Crippen LogP contribution in [0.4, 0.5) is 0 Å². The molecule has 1 fully saturated rings. The number of aliphatic hydroxyl groups is 1. The van der Waals surface area contributed by atoms with Crippen LogP contribution < -0.4 is 5.32 Å². The molecule has 1 aliphatic carbocycles. The molecule has 1 aromatic rings. The molecule has 1 aliphatic rings. The third-order valence-electron chi connectivity index (χ3n) is 4.19. The van der Waals surface area contributed by atoms with Gasteiger partial charge >= 0.3 is 0 Å². The number of hydrogen-bond acceptors (Lipinski definition) is 3. The van der Waals surface area contributed by atoms with Crippen LogP contribution in [0.25, 0.3) is 0 Å². The lowest BCUT2D eigenvalue weighted by Crippen LogP contribution is -2.30. The topological polar surface area (TPSA) is 49.3 Å². The number of nitrogens with one attached hydrogen (secondary N) is 1. The van der Waals surface area contributed by atoms with E-state index >= 15 is 0 Å². The normalized spacial score (nSPS) is 17.4. The van der Waals surface area contributed by atoms with Gasteiger partial charge in [-0.1, -0.05) is 31.4 Å². The van der Waals surface area contributed by atoms with Gasteiger partial charge in [-0.25, -0.2) is 0 Å². The van der Waals surface area contributed by atoms with E-state index in [1.165, 1.54) is 37.0 Å². The summed E-state index contributed by atoms with van der Waals surface area (Å²) in [6, 6.07) is 7.83. The molecule has 0 radical (unpaired) electrons. The molecule has 0 heterocycles. The van der Waals surface area contributed by atoms with Crippen LogP contribution in [0.1, 0.15) is 50.2 Å². The van der Waals surface area contributed by atoms with Gasteiger partial charge in [-0.2, -0.15) is 0 Å². The highest BCUT2D eigenvalue weighted by Crippen LogP contribution is 2.26. The average molecular weight is 307 g/mol. The maximum atomic E-state index is 11.9. The van der Waals surface area contributed by atoms with Crippen LogP contribution in [0.15, 0.2) is 29.2 Å². The van der Waals surface area contributed by atoms with E-state index in [-0.39, 0.29) is 5.91 Å². The summed E-state index contributed by atoms with van der Waals surface area (Å²) in [4.78, 5) is 13.1. The van der Waals surface area contributed by atoms with Crippen molar-refractivity contribution in [2.75, 3.05) is 12.8 Å². The Bertz CT molecular complexity index is 441. The molecule has 1 unspecified atom stereocenters.